The number of nitrogens with one attached hydrogen (secondary N) is 1. The maximum absolute atomic E-state index is 11.7. The van der Waals surface area contributed by atoms with Crippen LogP contribution in [0.2, 0.25) is 0 Å². The Bertz CT molecular complexity index is 355. The van der Waals surface area contributed by atoms with Crippen molar-refractivity contribution in [2.45, 2.75) is 20.0 Å². The lowest BCUT2D eigenvalue weighted by atomic mass is 10.2. The first-order valence-corrected chi connectivity index (χ1v) is 5.24. The zero-order valence-corrected chi connectivity index (χ0v) is 9.56. The van der Waals surface area contributed by atoms with E-state index in [1.54, 1.807) is 12.3 Å². The van der Waals surface area contributed by atoms with Crippen molar-refractivity contribution < 1.29 is 9.53 Å². The van der Waals surface area contributed by atoms with Gasteiger partial charge >= 0.3 is 0 Å². The Morgan fingerprint density at radius 2 is 2.44 bits per heavy atom. The first-order valence-electron chi connectivity index (χ1n) is 5.24. The molecule has 1 rings (SSSR count). The number of nitrogen functional groups attached to an aromatic ring is 1. The van der Waals surface area contributed by atoms with Gasteiger partial charge in [-0.3, -0.25) is 9.78 Å². The maximum atomic E-state index is 11.7. The number of aromatic nitrogens is 1. The van der Waals surface area contributed by atoms with Crippen molar-refractivity contribution in [3.8, 4) is 0 Å². The summed E-state index contributed by atoms with van der Waals surface area (Å²) < 4.78 is 5.30. The first-order chi connectivity index (χ1) is 7.65. The van der Waals surface area contributed by atoms with Crippen LogP contribution >= 0.6 is 0 Å². The molecule has 0 aliphatic heterocycles. The average Bonchev–Trinajstić information content (AvgIpc) is 2.27. The molecule has 0 saturated carbocycles. The van der Waals surface area contributed by atoms with Gasteiger partial charge in [-0.2, -0.15) is 0 Å². The van der Waals surface area contributed by atoms with Crippen LogP contribution in [0.1, 0.15) is 24.2 Å². The zero-order valence-electron chi connectivity index (χ0n) is 9.56. The van der Waals surface area contributed by atoms with E-state index in [0.717, 1.165) is 0 Å². The minimum atomic E-state index is -0.225. The third-order valence-corrected chi connectivity index (χ3v) is 2.10. The smallest absolute Gasteiger partial charge is 0.255 e. The highest BCUT2D eigenvalue weighted by molar-refractivity contribution is 5.98. The Balaban J connectivity index is 2.50. The van der Waals surface area contributed by atoms with Crippen molar-refractivity contribution in [3.05, 3.63) is 24.0 Å². The summed E-state index contributed by atoms with van der Waals surface area (Å²) in [5, 5.41) is 2.74. The lowest BCUT2D eigenvalue weighted by molar-refractivity contribution is 0.0695. The summed E-state index contributed by atoms with van der Waals surface area (Å²) in [6.07, 6.45) is 3.00. The molecule has 1 aromatic heterocycles. The molecule has 1 atom stereocenters. The molecule has 0 bridgehead atoms. The van der Waals surface area contributed by atoms with Gasteiger partial charge in [0.25, 0.3) is 5.91 Å². The van der Waals surface area contributed by atoms with Crippen LogP contribution in [0, 0.1) is 0 Å². The number of hydrogen-bond donors (Lipinski definition) is 2. The highest BCUT2D eigenvalue weighted by Crippen LogP contribution is 2.07. The molecule has 0 aliphatic carbocycles. The van der Waals surface area contributed by atoms with E-state index >= 15 is 0 Å². The van der Waals surface area contributed by atoms with Crippen molar-refractivity contribution in [2.75, 3.05) is 18.9 Å². The van der Waals surface area contributed by atoms with Crippen LogP contribution in [0.4, 0.5) is 5.69 Å². The molecule has 16 heavy (non-hydrogen) atoms. The topological polar surface area (TPSA) is 77.2 Å². The Morgan fingerprint density at radius 3 is 3.06 bits per heavy atom. The molecule has 0 radical (unpaired) electrons. The molecule has 1 heterocycles. The van der Waals surface area contributed by atoms with Crippen LogP contribution in [0.5, 0.6) is 0 Å². The number of nitrogens with zero attached hydrogens (tertiary/aromatic N) is 1. The van der Waals surface area contributed by atoms with E-state index in [-0.39, 0.29) is 12.0 Å². The van der Waals surface area contributed by atoms with Crippen LogP contribution < -0.4 is 11.1 Å². The standard InChI is InChI=1S/C11H17N3O2/c1-3-16-8(2)6-14-11(15)9-7-13-5-4-10(9)12/h4-5,7-8H,3,6H2,1-2H3,(H2,12,13)(H,14,15). The van der Waals surface area contributed by atoms with Crippen molar-refractivity contribution in [3.63, 3.8) is 0 Å². The van der Waals surface area contributed by atoms with Crippen molar-refractivity contribution in [2.24, 2.45) is 0 Å². The first kappa shape index (κ1) is 12.4. The maximum Gasteiger partial charge on any atom is 0.255 e. The van der Waals surface area contributed by atoms with Crippen molar-refractivity contribution in [1.29, 1.82) is 0 Å². The van der Waals surface area contributed by atoms with E-state index in [0.29, 0.717) is 24.4 Å². The number of amides is 1. The van der Waals surface area contributed by atoms with E-state index in [2.05, 4.69) is 10.3 Å². The fraction of sp³-hybridized carbons (Fsp3) is 0.455. The highest BCUT2D eigenvalue weighted by atomic mass is 16.5. The second kappa shape index (κ2) is 6.07. The van der Waals surface area contributed by atoms with Crippen LogP contribution in [-0.4, -0.2) is 30.1 Å². The van der Waals surface area contributed by atoms with E-state index < -0.39 is 0 Å². The molecule has 5 nitrogen and oxygen atoms in total. The Labute approximate surface area is 95.0 Å². The predicted octanol–water partition coefficient (Wildman–Crippen LogP) is 0.819. The molecule has 1 aromatic rings. The molecule has 0 aromatic carbocycles. The van der Waals surface area contributed by atoms with Crippen molar-refractivity contribution in [1.82, 2.24) is 10.3 Å². The number of carbonyl (C=O) groups is 1. The Morgan fingerprint density at radius 1 is 1.69 bits per heavy atom. The molecule has 3 N–H and O–H groups in total. The quantitative estimate of drug-likeness (QED) is 0.774. The number of ether oxygens (including phenoxy) is 1. The summed E-state index contributed by atoms with van der Waals surface area (Å²) in [5.74, 6) is -0.225. The molecule has 1 amide bonds. The summed E-state index contributed by atoms with van der Waals surface area (Å²) in [5.41, 5.74) is 6.48. The van der Waals surface area contributed by atoms with Gasteiger partial charge in [0.15, 0.2) is 0 Å². The van der Waals surface area contributed by atoms with Crippen molar-refractivity contribution >= 4 is 11.6 Å². The second-order valence-corrected chi connectivity index (χ2v) is 3.44. The second-order valence-electron chi connectivity index (χ2n) is 3.44. The fourth-order valence-electron chi connectivity index (χ4n) is 1.27. The monoisotopic (exact) mass is 223 g/mol. The molecule has 0 aliphatic rings. The van der Waals surface area contributed by atoms with Gasteiger partial charge in [-0.25, -0.2) is 0 Å². The van der Waals surface area contributed by atoms with Crippen LogP contribution in [0.3, 0.4) is 0 Å². The predicted molar refractivity (Wildman–Crippen MR) is 62.1 cm³/mol. The Hall–Kier alpha value is -1.62. The molecule has 0 saturated heterocycles. The third-order valence-electron chi connectivity index (χ3n) is 2.10. The van der Waals surface area contributed by atoms with Crippen LogP contribution in [0.15, 0.2) is 18.5 Å². The molecular formula is C11H17N3O2. The average molecular weight is 223 g/mol. The highest BCUT2D eigenvalue weighted by Gasteiger charge is 2.10. The van der Waals surface area contributed by atoms with Gasteiger partial charge in [-0.1, -0.05) is 0 Å². The van der Waals surface area contributed by atoms with Gasteiger partial charge in [0.05, 0.1) is 11.7 Å². The number of carbonyl (C=O) groups excluding carboxylic acids is 1. The van der Waals surface area contributed by atoms with Gasteiger partial charge in [0.1, 0.15) is 0 Å². The Kier molecular flexibility index (Phi) is 4.72. The third kappa shape index (κ3) is 3.51. The number of pyridine rings is 1. The zero-order chi connectivity index (χ0) is 12.0. The van der Waals surface area contributed by atoms with E-state index in [1.165, 1.54) is 6.20 Å². The molecular weight excluding hydrogens is 206 g/mol. The molecule has 0 fully saturated rings. The summed E-state index contributed by atoms with van der Waals surface area (Å²) in [7, 11) is 0. The van der Waals surface area contributed by atoms with Gasteiger partial charge in [-0.05, 0) is 19.9 Å². The normalized spacial score (nSPS) is 12.1. The largest absolute Gasteiger partial charge is 0.398 e. The van der Waals surface area contributed by atoms with Gasteiger partial charge in [0, 0.05) is 31.2 Å². The molecule has 0 spiro atoms. The number of rotatable bonds is 5. The van der Waals surface area contributed by atoms with Crippen LogP contribution in [-0.2, 0) is 4.74 Å². The summed E-state index contributed by atoms with van der Waals surface area (Å²) in [6.45, 7) is 4.90. The fourth-order valence-corrected chi connectivity index (χ4v) is 1.27. The van der Waals surface area contributed by atoms with E-state index in [4.69, 9.17) is 10.5 Å². The van der Waals surface area contributed by atoms with Gasteiger partial charge in [0.2, 0.25) is 0 Å². The van der Waals surface area contributed by atoms with Gasteiger partial charge < -0.3 is 15.8 Å². The number of nitrogens with two attached hydrogens (primary N) is 1. The number of hydrogen-bond acceptors (Lipinski definition) is 4. The summed E-state index contributed by atoms with van der Waals surface area (Å²) in [4.78, 5) is 15.5. The van der Waals surface area contributed by atoms with E-state index in [1.807, 2.05) is 13.8 Å². The minimum absolute atomic E-state index is 0.00755. The van der Waals surface area contributed by atoms with Crippen LogP contribution in [0.25, 0.3) is 0 Å². The van der Waals surface area contributed by atoms with Gasteiger partial charge in [-0.15, -0.1) is 0 Å². The molecule has 5 heteroatoms. The van der Waals surface area contributed by atoms with E-state index in [9.17, 15) is 4.79 Å². The molecule has 88 valence electrons. The lowest BCUT2D eigenvalue weighted by Gasteiger charge is -2.12. The SMILES string of the molecule is CCOC(C)CNC(=O)c1cnccc1N. The summed E-state index contributed by atoms with van der Waals surface area (Å²) >= 11 is 0. The minimum Gasteiger partial charge on any atom is -0.398 e. The number of anilines is 1. The lowest BCUT2D eigenvalue weighted by Crippen LogP contribution is -2.32. The summed E-state index contributed by atoms with van der Waals surface area (Å²) in [6, 6.07) is 1.60. The molecule has 1 unspecified atom stereocenters.